The number of aromatic nitrogens is 1. The molecule has 134 valence electrons. The molecule has 1 heterocycles. The molecule has 0 radical (unpaired) electrons. The molecule has 0 saturated heterocycles. The summed E-state index contributed by atoms with van der Waals surface area (Å²) in [5.74, 6) is 0.232. The van der Waals surface area contributed by atoms with E-state index in [0.29, 0.717) is 18.0 Å². The van der Waals surface area contributed by atoms with E-state index in [1.807, 2.05) is 6.07 Å². The van der Waals surface area contributed by atoms with Gasteiger partial charge in [-0.25, -0.2) is 8.42 Å². The van der Waals surface area contributed by atoms with Gasteiger partial charge in [-0.2, -0.15) is 0 Å². The fourth-order valence-corrected chi connectivity index (χ4v) is 2.52. The lowest BCUT2D eigenvalue weighted by Crippen LogP contribution is -2.35. The van der Waals surface area contributed by atoms with Gasteiger partial charge in [0, 0.05) is 26.0 Å². The summed E-state index contributed by atoms with van der Waals surface area (Å²) in [6.07, 6.45) is 3.80. The molecule has 25 heavy (non-hydrogen) atoms. The summed E-state index contributed by atoms with van der Waals surface area (Å²) in [6, 6.07) is 10.2. The molecule has 8 heteroatoms. The summed E-state index contributed by atoms with van der Waals surface area (Å²) < 4.78 is 29.8. The molecular formula is C17H21N3O4S. The summed E-state index contributed by atoms with van der Waals surface area (Å²) >= 11 is 0. The molecule has 1 N–H and O–H groups in total. The predicted octanol–water partition coefficient (Wildman–Crippen LogP) is 1.56. The number of nitrogens with one attached hydrogen (secondary N) is 1. The second kappa shape index (κ2) is 7.98. The lowest BCUT2D eigenvalue weighted by atomic mass is 10.2. The van der Waals surface area contributed by atoms with Crippen LogP contribution in [0.5, 0.6) is 5.75 Å². The van der Waals surface area contributed by atoms with Crippen LogP contribution in [-0.4, -0.2) is 38.7 Å². The second-order valence-electron chi connectivity index (χ2n) is 5.56. The van der Waals surface area contributed by atoms with Crippen molar-refractivity contribution >= 4 is 21.6 Å². The number of hydrogen-bond donors (Lipinski definition) is 1. The molecule has 7 nitrogen and oxygen atoms in total. The number of nitrogens with zero attached hydrogens (tertiary/aromatic N) is 2. The number of carbonyl (C=O) groups excluding carboxylic acids is 1. The van der Waals surface area contributed by atoms with Crippen LogP contribution in [0.25, 0.3) is 0 Å². The minimum atomic E-state index is -3.32. The Balaban J connectivity index is 1.91. The van der Waals surface area contributed by atoms with Gasteiger partial charge in [0.25, 0.3) is 5.91 Å². The minimum absolute atomic E-state index is 0.249. The van der Waals surface area contributed by atoms with Crippen LogP contribution in [0.2, 0.25) is 0 Å². The molecule has 0 aliphatic carbocycles. The topological polar surface area (TPSA) is 88.6 Å². The molecule has 0 aliphatic rings. The van der Waals surface area contributed by atoms with Crippen molar-refractivity contribution in [2.75, 3.05) is 17.6 Å². The molecule has 0 aliphatic heterocycles. The van der Waals surface area contributed by atoms with Gasteiger partial charge in [-0.1, -0.05) is 6.07 Å². The van der Waals surface area contributed by atoms with Crippen molar-refractivity contribution in [3.05, 3.63) is 54.4 Å². The van der Waals surface area contributed by atoms with Crippen molar-refractivity contribution in [1.82, 2.24) is 10.3 Å². The zero-order valence-corrected chi connectivity index (χ0v) is 15.2. The van der Waals surface area contributed by atoms with Gasteiger partial charge in [0.2, 0.25) is 10.0 Å². The van der Waals surface area contributed by atoms with Crippen molar-refractivity contribution in [2.45, 2.75) is 19.6 Å². The third-order valence-corrected chi connectivity index (χ3v) is 4.78. The SMILES string of the molecule is C[C@@H](Oc1ccc(N(C)S(C)(=O)=O)cc1)C(=O)NCc1cccnc1. The largest absolute Gasteiger partial charge is 0.481 e. The fraction of sp³-hybridized carbons (Fsp3) is 0.294. The van der Waals surface area contributed by atoms with E-state index in [0.717, 1.165) is 11.8 Å². The van der Waals surface area contributed by atoms with E-state index in [-0.39, 0.29) is 5.91 Å². The Bertz CT molecular complexity index is 808. The van der Waals surface area contributed by atoms with E-state index in [4.69, 9.17) is 4.74 Å². The summed E-state index contributed by atoms with van der Waals surface area (Å²) in [5.41, 5.74) is 1.42. The maximum Gasteiger partial charge on any atom is 0.261 e. The van der Waals surface area contributed by atoms with Gasteiger partial charge in [0.05, 0.1) is 11.9 Å². The maximum atomic E-state index is 12.1. The quantitative estimate of drug-likeness (QED) is 0.806. The van der Waals surface area contributed by atoms with Gasteiger partial charge < -0.3 is 10.1 Å². The summed E-state index contributed by atoms with van der Waals surface area (Å²) in [7, 11) is -1.84. The zero-order chi connectivity index (χ0) is 18.4. The molecule has 0 saturated carbocycles. The number of rotatable bonds is 7. The summed E-state index contributed by atoms with van der Waals surface area (Å²) in [4.78, 5) is 16.1. The van der Waals surface area contributed by atoms with Crippen LogP contribution in [-0.2, 0) is 21.4 Å². The molecule has 0 bridgehead atoms. The third kappa shape index (κ3) is 5.46. The predicted molar refractivity (Wildman–Crippen MR) is 95.9 cm³/mol. The number of benzene rings is 1. The zero-order valence-electron chi connectivity index (χ0n) is 14.3. The van der Waals surface area contributed by atoms with Crippen LogP contribution < -0.4 is 14.4 Å². The Morgan fingerprint density at radius 2 is 1.96 bits per heavy atom. The van der Waals surface area contributed by atoms with E-state index in [9.17, 15) is 13.2 Å². The van der Waals surface area contributed by atoms with Gasteiger partial charge in [-0.3, -0.25) is 14.1 Å². The van der Waals surface area contributed by atoms with Crippen LogP contribution in [0.15, 0.2) is 48.8 Å². The highest BCUT2D eigenvalue weighted by Gasteiger charge is 2.15. The Hall–Kier alpha value is -2.61. The average Bonchev–Trinajstić information content (AvgIpc) is 2.59. The van der Waals surface area contributed by atoms with Crippen molar-refractivity contribution in [3.8, 4) is 5.75 Å². The number of carbonyl (C=O) groups is 1. The summed E-state index contributed by atoms with van der Waals surface area (Å²) in [5, 5.41) is 2.78. The molecule has 1 aromatic heterocycles. The molecule has 0 spiro atoms. The number of sulfonamides is 1. The van der Waals surface area contributed by atoms with Gasteiger partial charge >= 0.3 is 0 Å². The number of hydrogen-bond acceptors (Lipinski definition) is 5. The number of anilines is 1. The minimum Gasteiger partial charge on any atom is -0.481 e. The van der Waals surface area contributed by atoms with Gasteiger partial charge in [0.15, 0.2) is 6.10 Å². The lowest BCUT2D eigenvalue weighted by molar-refractivity contribution is -0.127. The Morgan fingerprint density at radius 3 is 2.52 bits per heavy atom. The first-order chi connectivity index (χ1) is 11.8. The Morgan fingerprint density at radius 1 is 1.28 bits per heavy atom. The van der Waals surface area contributed by atoms with E-state index in [1.165, 1.54) is 11.4 Å². The van der Waals surface area contributed by atoms with Crippen molar-refractivity contribution < 1.29 is 17.9 Å². The highest BCUT2D eigenvalue weighted by atomic mass is 32.2. The monoisotopic (exact) mass is 363 g/mol. The molecule has 2 aromatic rings. The first-order valence-electron chi connectivity index (χ1n) is 7.64. The molecule has 1 atom stereocenters. The lowest BCUT2D eigenvalue weighted by Gasteiger charge is -2.18. The number of amides is 1. The van der Waals surface area contributed by atoms with E-state index >= 15 is 0 Å². The van der Waals surface area contributed by atoms with Crippen LogP contribution >= 0.6 is 0 Å². The Kier molecular flexibility index (Phi) is 5.97. The molecule has 0 fully saturated rings. The smallest absolute Gasteiger partial charge is 0.261 e. The van der Waals surface area contributed by atoms with Crippen molar-refractivity contribution in [2.24, 2.45) is 0 Å². The molecule has 2 rings (SSSR count). The van der Waals surface area contributed by atoms with E-state index < -0.39 is 16.1 Å². The van der Waals surface area contributed by atoms with E-state index in [1.54, 1.807) is 49.6 Å². The first-order valence-corrected chi connectivity index (χ1v) is 9.49. The van der Waals surface area contributed by atoms with Crippen LogP contribution in [0.3, 0.4) is 0 Å². The molecule has 1 amide bonds. The standard InChI is InChI=1S/C17H21N3O4S/c1-13(17(21)19-12-14-5-4-10-18-11-14)24-16-8-6-15(7-9-16)20(2)25(3,22)23/h4-11,13H,12H2,1-3H3,(H,19,21)/t13-/m1/s1. The number of ether oxygens (including phenoxy) is 1. The van der Waals surface area contributed by atoms with Crippen molar-refractivity contribution in [1.29, 1.82) is 0 Å². The normalized spacial score (nSPS) is 12.3. The fourth-order valence-electron chi connectivity index (χ4n) is 2.02. The number of pyridine rings is 1. The molecule has 0 unspecified atom stereocenters. The highest BCUT2D eigenvalue weighted by molar-refractivity contribution is 7.92. The first kappa shape index (κ1) is 18.7. The van der Waals surface area contributed by atoms with Gasteiger partial charge in [-0.15, -0.1) is 0 Å². The van der Waals surface area contributed by atoms with Crippen molar-refractivity contribution in [3.63, 3.8) is 0 Å². The summed E-state index contributed by atoms with van der Waals surface area (Å²) in [6.45, 7) is 2.02. The van der Waals surface area contributed by atoms with Crippen LogP contribution in [0, 0.1) is 0 Å². The molecular weight excluding hydrogens is 342 g/mol. The average molecular weight is 363 g/mol. The maximum absolute atomic E-state index is 12.1. The Labute approximate surface area is 147 Å². The van der Waals surface area contributed by atoms with E-state index in [2.05, 4.69) is 10.3 Å². The van der Waals surface area contributed by atoms with Gasteiger partial charge in [-0.05, 0) is 42.8 Å². The van der Waals surface area contributed by atoms with Crippen LogP contribution in [0.1, 0.15) is 12.5 Å². The second-order valence-corrected chi connectivity index (χ2v) is 7.58. The van der Waals surface area contributed by atoms with Crippen LogP contribution in [0.4, 0.5) is 5.69 Å². The van der Waals surface area contributed by atoms with Gasteiger partial charge in [0.1, 0.15) is 5.75 Å². The molecule has 1 aromatic carbocycles. The third-order valence-electron chi connectivity index (χ3n) is 3.57. The highest BCUT2D eigenvalue weighted by Crippen LogP contribution is 2.21.